The van der Waals surface area contributed by atoms with E-state index in [4.69, 9.17) is 4.74 Å². The number of rotatable bonds is 6. The van der Waals surface area contributed by atoms with E-state index < -0.39 is 0 Å². The third-order valence-electron chi connectivity index (χ3n) is 8.76. The molecule has 0 spiro atoms. The van der Waals surface area contributed by atoms with Gasteiger partial charge in [0, 0.05) is 0 Å². The molecule has 154 valence electrons. The van der Waals surface area contributed by atoms with E-state index in [1.807, 2.05) is 0 Å². The Hall–Kier alpha value is -1.28. The van der Waals surface area contributed by atoms with Gasteiger partial charge in [-0.2, -0.15) is 0 Å². The Balaban J connectivity index is 1.80. The van der Waals surface area contributed by atoms with Crippen LogP contribution >= 0.6 is 0 Å². The Labute approximate surface area is 171 Å². The highest BCUT2D eigenvalue weighted by atomic mass is 16.5. The second kappa shape index (κ2) is 7.52. The summed E-state index contributed by atoms with van der Waals surface area (Å²) in [6.07, 6.45) is 12.8. The van der Waals surface area contributed by atoms with Gasteiger partial charge in [0.15, 0.2) is 0 Å². The van der Waals surface area contributed by atoms with Crippen LogP contribution < -0.4 is 4.74 Å². The average Bonchev–Trinajstić information content (AvgIpc) is 3.02. The molecule has 0 bridgehead atoms. The average molecular weight is 383 g/mol. The van der Waals surface area contributed by atoms with Crippen molar-refractivity contribution in [3.63, 3.8) is 0 Å². The molecule has 0 unspecified atom stereocenters. The van der Waals surface area contributed by atoms with Gasteiger partial charge < -0.3 is 9.84 Å². The summed E-state index contributed by atoms with van der Waals surface area (Å²) < 4.78 is 5.52. The summed E-state index contributed by atoms with van der Waals surface area (Å²) in [7, 11) is 1.76. The number of hydrogen-bond acceptors (Lipinski definition) is 2. The normalized spacial score (nSPS) is 39.0. The first-order valence-electron chi connectivity index (χ1n) is 11.5. The Kier molecular flexibility index (Phi) is 5.37. The molecule has 0 radical (unpaired) electrons. The maximum absolute atomic E-state index is 11.0. The van der Waals surface area contributed by atoms with Crippen LogP contribution in [0.1, 0.15) is 82.3 Å². The molecule has 2 saturated carbocycles. The smallest absolute Gasteiger partial charge is 0.119 e. The highest BCUT2D eigenvalue weighted by molar-refractivity contribution is 5.44. The molecule has 0 aliphatic heterocycles. The van der Waals surface area contributed by atoms with Gasteiger partial charge >= 0.3 is 0 Å². The lowest BCUT2D eigenvalue weighted by Gasteiger charge is -2.60. The van der Waals surface area contributed by atoms with Crippen molar-refractivity contribution in [1.82, 2.24) is 0 Å². The van der Waals surface area contributed by atoms with Gasteiger partial charge in [-0.15, -0.1) is 6.58 Å². The van der Waals surface area contributed by atoms with Crippen molar-refractivity contribution in [1.29, 1.82) is 0 Å². The maximum atomic E-state index is 11.0. The Bertz CT molecular complexity index is 725. The minimum Gasteiger partial charge on any atom is -0.497 e. The van der Waals surface area contributed by atoms with E-state index in [0.717, 1.165) is 31.4 Å². The van der Waals surface area contributed by atoms with E-state index in [-0.39, 0.29) is 16.9 Å². The molecular weight excluding hydrogens is 344 g/mol. The molecule has 2 heteroatoms. The van der Waals surface area contributed by atoms with Crippen molar-refractivity contribution in [2.45, 2.75) is 83.7 Å². The van der Waals surface area contributed by atoms with Crippen LogP contribution in [0.15, 0.2) is 30.9 Å². The fourth-order valence-electron chi connectivity index (χ4n) is 7.47. The van der Waals surface area contributed by atoms with Crippen LogP contribution in [0.2, 0.25) is 0 Å². The molecule has 1 N–H and O–H groups in total. The third-order valence-corrected chi connectivity index (χ3v) is 8.76. The summed E-state index contributed by atoms with van der Waals surface area (Å²) in [5.74, 6) is 2.70. The van der Waals surface area contributed by atoms with E-state index >= 15 is 0 Å². The molecule has 6 atom stereocenters. The minimum atomic E-state index is -0.152. The molecule has 0 saturated heterocycles. The predicted molar refractivity (Wildman–Crippen MR) is 116 cm³/mol. The number of aliphatic hydroxyl groups excluding tert-OH is 1. The van der Waals surface area contributed by atoms with Crippen molar-refractivity contribution < 1.29 is 9.84 Å². The monoisotopic (exact) mass is 382 g/mol. The van der Waals surface area contributed by atoms with Crippen LogP contribution in [-0.4, -0.2) is 18.3 Å². The zero-order valence-corrected chi connectivity index (χ0v) is 18.0. The van der Waals surface area contributed by atoms with Gasteiger partial charge in [-0.1, -0.05) is 45.3 Å². The lowest BCUT2D eigenvalue weighted by Crippen LogP contribution is -2.54. The van der Waals surface area contributed by atoms with E-state index in [0.29, 0.717) is 17.8 Å². The van der Waals surface area contributed by atoms with Crippen LogP contribution in [0.4, 0.5) is 0 Å². The number of aryl methyl sites for hydroxylation is 1. The number of hydrogen-bond donors (Lipinski definition) is 1. The molecule has 2 fully saturated rings. The van der Waals surface area contributed by atoms with Crippen molar-refractivity contribution >= 4 is 0 Å². The highest BCUT2D eigenvalue weighted by Crippen LogP contribution is 2.69. The highest BCUT2D eigenvalue weighted by Gasteiger charge is 2.63. The van der Waals surface area contributed by atoms with Crippen LogP contribution in [-0.2, 0) is 6.42 Å². The van der Waals surface area contributed by atoms with Gasteiger partial charge in [0.2, 0.25) is 0 Å². The van der Waals surface area contributed by atoms with Crippen LogP contribution in [0.5, 0.6) is 5.75 Å². The maximum Gasteiger partial charge on any atom is 0.119 e. The van der Waals surface area contributed by atoms with E-state index in [9.17, 15) is 5.11 Å². The van der Waals surface area contributed by atoms with Gasteiger partial charge in [-0.05, 0) is 90.4 Å². The topological polar surface area (TPSA) is 29.5 Å². The zero-order valence-electron chi connectivity index (χ0n) is 18.0. The van der Waals surface area contributed by atoms with Crippen molar-refractivity contribution in [2.24, 2.45) is 22.7 Å². The SMILES string of the molecule is C=C[C@@]12CCc3cc(OC)ccc3[C@H]1[C@@H](CCCCC)C[C@@]1(C)[C@H]2CC[C@@H]1O. The molecule has 0 heterocycles. The quantitative estimate of drug-likeness (QED) is 0.464. The molecule has 3 aliphatic rings. The molecule has 28 heavy (non-hydrogen) atoms. The largest absolute Gasteiger partial charge is 0.497 e. The molecule has 0 aromatic heterocycles. The Morgan fingerprint density at radius 1 is 1.29 bits per heavy atom. The Morgan fingerprint density at radius 2 is 2.11 bits per heavy atom. The summed E-state index contributed by atoms with van der Waals surface area (Å²) in [5.41, 5.74) is 3.19. The number of unbranched alkanes of at least 4 members (excludes halogenated alkanes) is 2. The molecule has 3 aliphatic carbocycles. The van der Waals surface area contributed by atoms with Crippen molar-refractivity contribution in [3.8, 4) is 5.75 Å². The van der Waals surface area contributed by atoms with Crippen molar-refractivity contribution in [2.75, 3.05) is 7.11 Å². The van der Waals surface area contributed by atoms with Crippen LogP contribution in [0, 0.1) is 22.7 Å². The number of benzene rings is 1. The van der Waals surface area contributed by atoms with Gasteiger partial charge in [0.25, 0.3) is 0 Å². The lowest BCUT2D eigenvalue weighted by atomic mass is 9.44. The van der Waals surface area contributed by atoms with Crippen LogP contribution in [0.3, 0.4) is 0 Å². The molecule has 1 aromatic rings. The summed E-state index contributed by atoms with van der Waals surface area (Å²) in [6, 6.07) is 6.76. The second-order valence-electron chi connectivity index (χ2n) is 9.97. The first kappa shape index (κ1) is 20.0. The molecule has 1 aromatic carbocycles. The molecule has 4 rings (SSSR count). The lowest BCUT2D eigenvalue weighted by molar-refractivity contribution is -0.0812. The van der Waals surface area contributed by atoms with E-state index in [1.54, 1.807) is 7.11 Å². The minimum absolute atomic E-state index is 0.0472. The summed E-state index contributed by atoms with van der Waals surface area (Å²) >= 11 is 0. The first-order valence-corrected chi connectivity index (χ1v) is 11.5. The summed E-state index contributed by atoms with van der Waals surface area (Å²) in [4.78, 5) is 0. The predicted octanol–water partition coefficient (Wildman–Crippen LogP) is 6.27. The fourth-order valence-corrected chi connectivity index (χ4v) is 7.47. The van der Waals surface area contributed by atoms with Gasteiger partial charge in [-0.25, -0.2) is 0 Å². The van der Waals surface area contributed by atoms with E-state index in [1.165, 1.54) is 43.2 Å². The van der Waals surface area contributed by atoms with Crippen molar-refractivity contribution in [3.05, 3.63) is 42.0 Å². The van der Waals surface area contributed by atoms with Gasteiger partial charge in [0.05, 0.1) is 13.2 Å². The number of fused-ring (bicyclic) bond motifs is 5. The second-order valence-corrected chi connectivity index (χ2v) is 9.97. The van der Waals surface area contributed by atoms with E-state index in [2.05, 4.69) is 44.7 Å². The molecule has 0 amide bonds. The van der Waals surface area contributed by atoms with Gasteiger partial charge in [-0.3, -0.25) is 0 Å². The number of ether oxygens (including phenoxy) is 1. The third kappa shape index (κ3) is 2.86. The van der Waals surface area contributed by atoms with Gasteiger partial charge in [0.1, 0.15) is 5.75 Å². The first-order chi connectivity index (χ1) is 13.5. The molecular formula is C26H38O2. The fraction of sp³-hybridized carbons (Fsp3) is 0.692. The number of aliphatic hydroxyl groups is 1. The summed E-state index contributed by atoms with van der Waals surface area (Å²) in [6.45, 7) is 9.08. The van der Waals surface area contributed by atoms with Crippen LogP contribution in [0.25, 0.3) is 0 Å². The molecule has 2 nitrogen and oxygen atoms in total. The standard InChI is InChI=1S/C26H38O2/c1-5-7-8-9-19-17-25(3)22(12-13-23(25)27)26(6-2)15-14-18-16-20(28-4)10-11-21(18)24(19)26/h6,10-11,16,19,22-24,27H,2,5,7-9,12-15,17H2,1,3-4H3/t19-,22+,23-,24+,25-,26-/m0/s1. The zero-order chi connectivity index (χ0) is 19.9. The number of allylic oxidation sites excluding steroid dienone is 1. The Morgan fingerprint density at radius 3 is 2.82 bits per heavy atom. The number of methoxy groups -OCH3 is 1. The summed E-state index contributed by atoms with van der Waals surface area (Å²) in [5, 5.41) is 11.0.